The van der Waals surface area contributed by atoms with Gasteiger partial charge in [-0.05, 0) is 35.5 Å². The zero-order valence-electron chi connectivity index (χ0n) is 17.3. The molecule has 0 saturated heterocycles. The van der Waals surface area contributed by atoms with Gasteiger partial charge in [-0.3, -0.25) is 14.4 Å². The quantitative estimate of drug-likeness (QED) is 0.257. The molecule has 0 bridgehead atoms. The minimum Gasteiger partial charge on any atom is -0.869 e. The van der Waals surface area contributed by atoms with Crippen molar-refractivity contribution in [2.75, 3.05) is 0 Å². The fraction of sp³-hybridized carbons (Fsp3) is 0.400. The molecule has 0 N–H and O–H groups in total. The topological polar surface area (TPSA) is 120 Å². The minimum atomic E-state index is -5.46. The van der Waals surface area contributed by atoms with Crippen LogP contribution in [0.25, 0.3) is 0 Å². The second-order valence-corrected chi connectivity index (χ2v) is 5.61. The predicted octanol–water partition coefficient (Wildman–Crippen LogP) is 2.77. The van der Waals surface area contributed by atoms with Gasteiger partial charge in [0.25, 0.3) is 17.3 Å². The van der Waals surface area contributed by atoms with E-state index in [1.807, 2.05) is 0 Å². The van der Waals surface area contributed by atoms with Crippen molar-refractivity contribution in [1.29, 1.82) is 0 Å². The van der Waals surface area contributed by atoms with E-state index in [4.69, 9.17) is 0 Å². The van der Waals surface area contributed by atoms with Gasteiger partial charge in [-0.1, -0.05) is 0 Å². The van der Waals surface area contributed by atoms with Crippen LogP contribution in [0.15, 0.2) is 35.5 Å². The number of halogens is 18. The van der Waals surface area contributed by atoms with Crippen molar-refractivity contribution in [3.8, 4) is 0 Å². The van der Waals surface area contributed by atoms with Crippen LogP contribution in [0.3, 0.4) is 0 Å². The molecular formula is C15H3CoF18O6. The Balaban J connectivity index is -0.000000240. The van der Waals surface area contributed by atoms with Crippen LogP contribution in [0.2, 0.25) is 0 Å². The first kappa shape index (κ1) is 43.9. The van der Waals surface area contributed by atoms with Crippen molar-refractivity contribution in [2.45, 2.75) is 37.1 Å². The van der Waals surface area contributed by atoms with Crippen LogP contribution in [0.5, 0.6) is 0 Å². The molecule has 0 aromatic carbocycles. The first-order chi connectivity index (χ1) is 16.6. The molecule has 0 atom stereocenters. The van der Waals surface area contributed by atoms with E-state index in [9.17, 15) is 109 Å². The van der Waals surface area contributed by atoms with Gasteiger partial charge >= 0.3 is 53.8 Å². The maximum atomic E-state index is 11.3. The van der Waals surface area contributed by atoms with E-state index in [1.54, 1.807) is 0 Å². The van der Waals surface area contributed by atoms with Gasteiger partial charge in [0.1, 0.15) is 0 Å². The Hall–Kier alpha value is -3.12. The average molecular weight is 680 g/mol. The Bertz CT molecular complexity index is 834. The Labute approximate surface area is 216 Å². The van der Waals surface area contributed by atoms with Crippen LogP contribution >= 0.6 is 0 Å². The van der Waals surface area contributed by atoms with E-state index < -0.39 is 89.9 Å². The fourth-order valence-corrected chi connectivity index (χ4v) is 0.848. The summed E-state index contributed by atoms with van der Waals surface area (Å²) in [7, 11) is 0. The molecule has 6 nitrogen and oxygen atoms in total. The van der Waals surface area contributed by atoms with Gasteiger partial charge in [0.05, 0.1) is 0 Å². The maximum absolute atomic E-state index is 11.3. The number of rotatable bonds is 3. The molecule has 25 heteroatoms. The van der Waals surface area contributed by atoms with Crippen LogP contribution in [-0.2, 0) is 31.2 Å². The molecule has 0 unspecified atom stereocenters. The summed E-state index contributed by atoms with van der Waals surface area (Å²) in [5.41, 5.74) is 0. The zero-order valence-corrected chi connectivity index (χ0v) is 18.4. The largest absolute Gasteiger partial charge is 3.00 e. The number of alkyl halides is 18. The third kappa shape index (κ3) is 19.9. The summed E-state index contributed by atoms with van der Waals surface area (Å²) in [5.74, 6) is -16.9. The van der Waals surface area contributed by atoms with Crippen LogP contribution < -0.4 is 15.3 Å². The molecule has 0 aliphatic heterocycles. The third-order valence-corrected chi connectivity index (χ3v) is 2.46. The predicted molar refractivity (Wildman–Crippen MR) is 75.6 cm³/mol. The normalized spacial score (nSPS) is 14.1. The average Bonchev–Trinajstić information content (AvgIpc) is 2.64. The number of ketones is 3. The van der Waals surface area contributed by atoms with Gasteiger partial charge < -0.3 is 15.3 Å². The molecule has 0 heterocycles. The van der Waals surface area contributed by atoms with Gasteiger partial charge in [-0.2, -0.15) is 79.0 Å². The molecule has 40 heavy (non-hydrogen) atoms. The molecule has 0 rings (SSSR count). The number of hydrogen-bond donors (Lipinski definition) is 0. The second kappa shape index (κ2) is 15.0. The first-order valence-corrected chi connectivity index (χ1v) is 7.86. The maximum Gasteiger partial charge on any atom is 3.00 e. The van der Waals surface area contributed by atoms with Crippen molar-refractivity contribution in [3.05, 3.63) is 35.5 Å². The van der Waals surface area contributed by atoms with Crippen molar-refractivity contribution in [2.24, 2.45) is 0 Å². The molecule has 0 fully saturated rings. The van der Waals surface area contributed by atoms with Crippen molar-refractivity contribution >= 4 is 17.3 Å². The number of carbonyl (C=O) groups is 3. The third-order valence-electron chi connectivity index (χ3n) is 2.46. The number of allylic oxidation sites excluding steroid dienone is 6. The minimum absolute atomic E-state index is 0. The molecule has 0 radical (unpaired) electrons. The van der Waals surface area contributed by atoms with Crippen LogP contribution in [-0.4, -0.2) is 54.4 Å². The van der Waals surface area contributed by atoms with Crippen LogP contribution in [0.1, 0.15) is 0 Å². The van der Waals surface area contributed by atoms with E-state index in [0.29, 0.717) is 0 Å². The monoisotopic (exact) mass is 680 g/mol. The Morgan fingerprint density at radius 2 is 0.475 bits per heavy atom. The molecule has 0 aliphatic rings. The Morgan fingerprint density at radius 1 is 0.350 bits per heavy atom. The molecule has 0 spiro atoms. The Kier molecular flexibility index (Phi) is 16.5. The smallest absolute Gasteiger partial charge is 0.869 e. The molecule has 0 amide bonds. The molecule has 0 saturated carbocycles. The van der Waals surface area contributed by atoms with Gasteiger partial charge in [-0.15, -0.1) is 0 Å². The summed E-state index contributed by atoms with van der Waals surface area (Å²) in [6.45, 7) is 0. The first-order valence-electron chi connectivity index (χ1n) is 7.86. The van der Waals surface area contributed by atoms with E-state index >= 15 is 0 Å². The Morgan fingerprint density at radius 3 is 0.550 bits per heavy atom. The number of hydrogen-bond acceptors (Lipinski definition) is 6. The summed E-state index contributed by atoms with van der Waals surface area (Å²) >= 11 is 0. The van der Waals surface area contributed by atoms with E-state index in [-0.39, 0.29) is 16.8 Å². The molecule has 234 valence electrons. The van der Waals surface area contributed by atoms with E-state index in [1.165, 1.54) is 0 Å². The van der Waals surface area contributed by atoms with E-state index in [0.717, 1.165) is 0 Å². The standard InChI is InChI=1S/3C5H2F6O2.Co/c3*6-4(7,8)2(12)1-3(13)5(9,10)11;/h3*1,12H;/q;;;+3/p-3. The summed E-state index contributed by atoms with van der Waals surface area (Å²) < 4.78 is 203. The van der Waals surface area contributed by atoms with Crippen LogP contribution in [0, 0.1) is 0 Å². The summed E-state index contributed by atoms with van der Waals surface area (Å²) in [4.78, 5) is 29.5. The van der Waals surface area contributed by atoms with Gasteiger partial charge in [-0.25, -0.2) is 0 Å². The van der Waals surface area contributed by atoms with Crippen LogP contribution in [0.4, 0.5) is 79.0 Å². The van der Waals surface area contributed by atoms with Gasteiger partial charge in [0, 0.05) is 0 Å². The summed E-state index contributed by atoms with van der Waals surface area (Å²) in [6, 6.07) is 0. The molecule has 0 aromatic rings. The van der Waals surface area contributed by atoms with Crippen molar-refractivity contribution in [3.63, 3.8) is 0 Å². The van der Waals surface area contributed by atoms with Gasteiger partial charge in [0.15, 0.2) is 0 Å². The molecule has 0 aromatic heterocycles. The van der Waals surface area contributed by atoms with E-state index in [2.05, 4.69) is 0 Å². The molecule has 0 aliphatic carbocycles. The van der Waals surface area contributed by atoms with Gasteiger partial charge in [0.2, 0.25) is 0 Å². The SMILES string of the molecule is O=C(C=C([O-])C(F)(F)F)C(F)(F)F.O=C(C=C([O-])C(F)(F)F)C(F)(F)F.O=C(C=C([O-])C(F)(F)F)C(F)(F)F.[Co+3]. The van der Waals surface area contributed by atoms with Crippen molar-refractivity contribution < 1.29 is 126 Å². The second-order valence-electron chi connectivity index (χ2n) is 5.61. The van der Waals surface area contributed by atoms with Crippen molar-refractivity contribution in [1.82, 2.24) is 0 Å². The number of carbonyl (C=O) groups excluding carboxylic acids is 3. The summed E-state index contributed by atoms with van der Waals surface area (Å²) in [5, 5.41) is 29.5. The fourth-order valence-electron chi connectivity index (χ4n) is 0.848. The zero-order chi connectivity index (χ0) is 32.6. The molecular weight excluding hydrogens is 677 g/mol. The summed E-state index contributed by atoms with van der Waals surface area (Å²) in [6.07, 6.45) is -35.8.